The van der Waals surface area contributed by atoms with Crippen molar-refractivity contribution in [3.8, 4) is 5.75 Å². The smallest absolute Gasteiger partial charge is 0.338 e. The fraction of sp³-hybridized carbons (Fsp3) is 0.304. The summed E-state index contributed by atoms with van der Waals surface area (Å²) in [7, 11) is 3.23. The lowest BCUT2D eigenvalue weighted by molar-refractivity contribution is -0.133. The Morgan fingerprint density at radius 1 is 1.19 bits per heavy atom. The van der Waals surface area contributed by atoms with Crippen molar-refractivity contribution in [2.45, 2.75) is 25.9 Å². The molecule has 1 aliphatic rings. The Morgan fingerprint density at radius 3 is 2.84 bits per heavy atom. The number of ether oxygens (including phenoxy) is 2. The van der Waals surface area contributed by atoms with E-state index in [0.29, 0.717) is 29.7 Å². The number of fused-ring (bicyclic) bond motifs is 2. The van der Waals surface area contributed by atoms with E-state index in [-0.39, 0.29) is 23.6 Å². The third kappa shape index (κ3) is 4.28. The third-order valence-electron chi connectivity index (χ3n) is 5.36. The van der Waals surface area contributed by atoms with E-state index < -0.39 is 5.97 Å². The normalized spacial score (nSPS) is 12.5. The Bertz CT molecular complexity index is 1220. The molecule has 8 nitrogen and oxygen atoms in total. The Labute approximate surface area is 179 Å². The average Bonchev–Trinajstić information content (AvgIpc) is 3.26. The number of rotatable bonds is 6. The maximum absolute atomic E-state index is 12.5. The number of likely N-dealkylation sites (N-methyl/N-ethyl adjacent to an activating group) is 1. The summed E-state index contributed by atoms with van der Waals surface area (Å²) in [4.78, 5) is 43.4. The zero-order chi connectivity index (χ0) is 22.0. The Hall–Kier alpha value is -3.68. The predicted octanol–water partition coefficient (Wildman–Crippen LogP) is 2.17. The van der Waals surface area contributed by atoms with Gasteiger partial charge in [0.15, 0.2) is 6.61 Å². The molecule has 0 N–H and O–H groups in total. The summed E-state index contributed by atoms with van der Waals surface area (Å²) in [5.41, 5.74) is 1.53. The molecule has 0 unspecified atom stereocenters. The van der Waals surface area contributed by atoms with Gasteiger partial charge in [0.2, 0.25) is 0 Å². The van der Waals surface area contributed by atoms with Crippen LogP contribution in [0.3, 0.4) is 0 Å². The first-order valence-electron chi connectivity index (χ1n) is 10.0. The number of amides is 1. The fourth-order valence-corrected chi connectivity index (χ4v) is 3.66. The van der Waals surface area contributed by atoms with Crippen molar-refractivity contribution in [2.24, 2.45) is 0 Å². The van der Waals surface area contributed by atoms with Gasteiger partial charge in [-0.3, -0.25) is 14.2 Å². The second-order valence-corrected chi connectivity index (χ2v) is 7.50. The summed E-state index contributed by atoms with van der Waals surface area (Å²) in [5, 5.41) is 0.469. The van der Waals surface area contributed by atoms with Crippen molar-refractivity contribution in [1.82, 2.24) is 14.5 Å². The molecule has 1 aromatic heterocycles. The molecular formula is C23H23N3O5. The van der Waals surface area contributed by atoms with Gasteiger partial charge in [0.05, 0.1) is 23.6 Å². The highest BCUT2D eigenvalue weighted by Gasteiger charge is 2.18. The monoisotopic (exact) mass is 421 g/mol. The summed E-state index contributed by atoms with van der Waals surface area (Å²) in [6.07, 6.45) is 1.63. The number of esters is 1. The molecule has 31 heavy (non-hydrogen) atoms. The van der Waals surface area contributed by atoms with Gasteiger partial charge >= 0.3 is 5.97 Å². The predicted molar refractivity (Wildman–Crippen MR) is 114 cm³/mol. The quantitative estimate of drug-likeness (QED) is 0.567. The molecule has 2 heterocycles. The number of aromatic nitrogens is 2. The zero-order valence-electron chi connectivity index (χ0n) is 17.5. The molecule has 8 heteroatoms. The highest BCUT2D eigenvalue weighted by atomic mass is 16.5. The molecule has 1 aliphatic heterocycles. The van der Waals surface area contributed by atoms with Crippen molar-refractivity contribution in [3.05, 3.63) is 69.8 Å². The summed E-state index contributed by atoms with van der Waals surface area (Å²) < 4.78 is 12.1. The first-order chi connectivity index (χ1) is 15.0. The number of aryl methyl sites for hydroxylation is 1. The lowest BCUT2D eigenvalue weighted by Crippen LogP contribution is -2.30. The van der Waals surface area contributed by atoms with Gasteiger partial charge in [-0.1, -0.05) is 12.1 Å². The minimum atomic E-state index is -0.632. The lowest BCUT2D eigenvalue weighted by Gasteiger charge is -2.17. The Balaban J connectivity index is 1.41. The van der Waals surface area contributed by atoms with Crippen LogP contribution in [0, 0.1) is 0 Å². The van der Waals surface area contributed by atoms with Crippen LogP contribution in [0.4, 0.5) is 0 Å². The van der Waals surface area contributed by atoms with Gasteiger partial charge in [-0.25, -0.2) is 9.78 Å². The molecule has 1 amide bonds. The molecule has 0 radical (unpaired) electrons. The van der Waals surface area contributed by atoms with E-state index >= 15 is 0 Å². The van der Waals surface area contributed by atoms with Crippen LogP contribution in [0.25, 0.3) is 10.9 Å². The number of benzene rings is 2. The number of carbonyl (C=O) groups is 2. The van der Waals surface area contributed by atoms with Crippen molar-refractivity contribution in [1.29, 1.82) is 0 Å². The fourth-order valence-electron chi connectivity index (χ4n) is 3.66. The van der Waals surface area contributed by atoms with E-state index in [1.165, 1.54) is 11.0 Å². The van der Waals surface area contributed by atoms with E-state index in [1.54, 1.807) is 30.9 Å². The van der Waals surface area contributed by atoms with Crippen LogP contribution >= 0.6 is 0 Å². The topological polar surface area (TPSA) is 90.7 Å². The van der Waals surface area contributed by atoms with Gasteiger partial charge in [-0.15, -0.1) is 0 Å². The molecule has 4 rings (SSSR count). The SMILES string of the molecule is COc1cccc(CN(C)C(=O)COC(=O)c2ccc3c(=O)n4c(nc3c2)CCC4)c1. The molecule has 0 saturated carbocycles. The maximum Gasteiger partial charge on any atom is 0.338 e. The second kappa shape index (κ2) is 8.59. The zero-order valence-corrected chi connectivity index (χ0v) is 17.5. The van der Waals surface area contributed by atoms with Crippen molar-refractivity contribution in [2.75, 3.05) is 20.8 Å². The van der Waals surface area contributed by atoms with Gasteiger partial charge in [0.25, 0.3) is 11.5 Å². The molecule has 0 spiro atoms. The molecular weight excluding hydrogens is 398 g/mol. The molecule has 0 saturated heterocycles. The number of methoxy groups -OCH3 is 1. The third-order valence-corrected chi connectivity index (χ3v) is 5.36. The maximum atomic E-state index is 12.5. The van der Waals surface area contributed by atoms with E-state index in [0.717, 1.165) is 24.2 Å². The standard InChI is InChI=1S/C23H23N3O5/c1-25(13-15-5-3-6-17(11-15)30-2)21(27)14-31-23(29)16-8-9-18-19(12-16)24-20-7-4-10-26(20)22(18)28/h3,5-6,8-9,11-12H,4,7,10,13-14H2,1-2H3. The number of carbonyl (C=O) groups excluding carboxylic acids is 2. The van der Waals surface area contributed by atoms with Crippen LogP contribution < -0.4 is 10.3 Å². The Morgan fingerprint density at radius 2 is 2.03 bits per heavy atom. The van der Waals surface area contributed by atoms with Gasteiger partial charge in [0.1, 0.15) is 11.6 Å². The summed E-state index contributed by atoms with van der Waals surface area (Å²) >= 11 is 0. The average molecular weight is 421 g/mol. The van der Waals surface area contributed by atoms with Crippen molar-refractivity contribution < 1.29 is 19.1 Å². The van der Waals surface area contributed by atoms with E-state index in [4.69, 9.17) is 9.47 Å². The molecule has 160 valence electrons. The highest BCUT2D eigenvalue weighted by Crippen LogP contribution is 2.17. The molecule has 2 aromatic carbocycles. The first-order valence-corrected chi connectivity index (χ1v) is 10.0. The number of nitrogens with zero attached hydrogens (tertiary/aromatic N) is 3. The number of hydrogen-bond acceptors (Lipinski definition) is 6. The van der Waals surface area contributed by atoms with Gasteiger partial charge < -0.3 is 14.4 Å². The second-order valence-electron chi connectivity index (χ2n) is 7.50. The molecule has 0 aliphatic carbocycles. The van der Waals surface area contributed by atoms with E-state index in [1.807, 2.05) is 24.3 Å². The minimum absolute atomic E-state index is 0.0910. The minimum Gasteiger partial charge on any atom is -0.497 e. The van der Waals surface area contributed by atoms with Crippen molar-refractivity contribution >= 4 is 22.8 Å². The van der Waals surface area contributed by atoms with Crippen LogP contribution in [0.2, 0.25) is 0 Å². The Kier molecular flexibility index (Phi) is 5.70. The summed E-state index contributed by atoms with van der Waals surface area (Å²) in [6.45, 7) is 0.659. The van der Waals surface area contributed by atoms with Crippen LogP contribution in [-0.4, -0.2) is 47.1 Å². The van der Waals surface area contributed by atoms with Gasteiger partial charge in [-0.2, -0.15) is 0 Å². The van der Waals surface area contributed by atoms with Crippen molar-refractivity contribution in [3.63, 3.8) is 0 Å². The van der Waals surface area contributed by atoms with Crippen LogP contribution in [0.5, 0.6) is 5.75 Å². The van der Waals surface area contributed by atoms with E-state index in [9.17, 15) is 14.4 Å². The van der Waals surface area contributed by atoms with Crippen LogP contribution in [0.1, 0.15) is 28.2 Å². The first kappa shape index (κ1) is 20.6. The largest absolute Gasteiger partial charge is 0.497 e. The molecule has 0 fully saturated rings. The highest BCUT2D eigenvalue weighted by molar-refractivity contribution is 5.95. The molecule has 0 atom stereocenters. The van der Waals surface area contributed by atoms with Crippen LogP contribution in [0.15, 0.2) is 47.3 Å². The summed E-state index contributed by atoms with van der Waals surface area (Å²) in [5.74, 6) is 0.482. The van der Waals surface area contributed by atoms with Gasteiger partial charge in [0, 0.05) is 26.6 Å². The molecule has 0 bridgehead atoms. The summed E-state index contributed by atoms with van der Waals surface area (Å²) in [6, 6.07) is 12.1. The lowest BCUT2D eigenvalue weighted by atomic mass is 10.1. The number of hydrogen-bond donors (Lipinski definition) is 0. The van der Waals surface area contributed by atoms with E-state index in [2.05, 4.69) is 4.98 Å². The van der Waals surface area contributed by atoms with Crippen LogP contribution in [-0.2, 0) is 29.0 Å². The van der Waals surface area contributed by atoms with Gasteiger partial charge in [-0.05, 0) is 42.3 Å². The molecule has 3 aromatic rings.